The van der Waals surface area contributed by atoms with Crippen LogP contribution in [0.15, 0.2) is 0 Å². The Morgan fingerprint density at radius 1 is 0.846 bits per heavy atom. The SMILES string of the molecule is N12[Si]34N5[Si]16N3[Si]25N46.O=S(=O)([O-])[O-].[Ba+2]. The minimum Gasteiger partial charge on any atom is -0.759 e. The van der Waals surface area contributed by atoms with Gasteiger partial charge >= 0.3 is 75.0 Å². The molecule has 13 heterocycles. The van der Waals surface area contributed by atoms with Gasteiger partial charge in [-0.2, -0.15) is 0 Å². The van der Waals surface area contributed by atoms with E-state index in [2.05, 4.69) is 15.6 Å². The molecule has 3 spiro atoms. The zero-order chi connectivity index (χ0) is 8.31. The molecule has 0 saturated carbocycles. The van der Waals surface area contributed by atoms with Crippen LogP contribution in [0.5, 0.6) is 0 Å². The molecule has 0 N–H and O–H groups in total. The second-order valence-corrected chi connectivity index (χ2v) is 18.7. The summed E-state index contributed by atoms with van der Waals surface area (Å²) in [6, 6.07) is 0. The second-order valence-electron chi connectivity index (χ2n) is 3.55. The van der Waals surface area contributed by atoms with E-state index in [1.54, 1.807) is 0 Å². The van der Waals surface area contributed by atoms with E-state index < -0.39 is 36.6 Å². The van der Waals surface area contributed by atoms with Gasteiger partial charge in [0.25, 0.3) is 0 Å². The Morgan fingerprint density at radius 2 is 0.923 bits per heavy atom. The molecular weight excluding hydrogens is 374 g/mol. The third-order valence-electron chi connectivity index (χ3n) is 3.60. The summed E-state index contributed by atoms with van der Waals surface area (Å²) in [5.74, 6) is 0. The van der Waals surface area contributed by atoms with Crippen LogP contribution in [0.2, 0.25) is 0 Å². The van der Waals surface area contributed by atoms with Gasteiger partial charge in [0.2, 0.25) is 0 Å². The van der Waals surface area contributed by atoms with E-state index in [1.807, 2.05) is 0 Å². The maximum Gasteiger partial charge on any atom is 2.00 e. The number of hydrogen-bond donors (Lipinski definition) is 0. The van der Waals surface area contributed by atoms with Crippen molar-refractivity contribution in [2.75, 3.05) is 0 Å². The molecule has 13 heteroatoms. The van der Waals surface area contributed by atoms with Crippen molar-refractivity contribution < 1.29 is 17.5 Å². The van der Waals surface area contributed by atoms with Gasteiger partial charge in [0, 0.05) is 10.4 Å². The Morgan fingerprint density at radius 3 is 0.923 bits per heavy atom. The molecule has 13 aliphatic rings. The molecule has 0 amide bonds. The van der Waals surface area contributed by atoms with Crippen molar-refractivity contribution in [2.24, 2.45) is 0 Å². The predicted molar refractivity (Wildman–Crippen MR) is 40.8 cm³/mol. The Balaban J connectivity index is 0.0000000800. The standard InChI is InChI=1S/Ba.N4Si3.H2O4S/c;1-5-2-6(1)3(5)7(1,2)4(5)6;1-5(2,3)4/h;;(H2,1,2,3,4)/q+2;;/p-2. The summed E-state index contributed by atoms with van der Waals surface area (Å²) in [7, 11) is -7.00. The Bertz CT molecular complexity index is 370. The first-order valence-electron chi connectivity index (χ1n) is 3.35. The van der Waals surface area contributed by atoms with Crippen molar-refractivity contribution in [3.8, 4) is 0 Å². The van der Waals surface area contributed by atoms with Gasteiger partial charge in [-0.15, -0.1) is 0 Å². The Labute approximate surface area is 117 Å². The van der Waals surface area contributed by atoms with Crippen LogP contribution in [-0.2, 0) is 10.4 Å². The van der Waals surface area contributed by atoms with Crippen molar-refractivity contribution in [2.45, 2.75) is 0 Å². The van der Waals surface area contributed by atoms with Crippen LogP contribution in [-0.4, -0.2) is 108 Å². The fraction of sp³-hybridized carbons (Fsp3) is 0. The molecule has 8 nitrogen and oxygen atoms in total. The summed E-state index contributed by atoms with van der Waals surface area (Å²) in [6.45, 7) is 0. The van der Waals surface area contributed by atoms with Gasteiger partial charge in [-0.3, -0.25) is 24.0 Å². The molecule has 0 aromatic carbocycles. The average molecular weight is 374 g/mol. The van der Waals surface area contributed by atoms with Gasteiger partial charge in [-0.25, -0.2) is 0 Å². The average Bonchev–Trinajstić information content (AvgIpc) is 0.913. The quantitative estimate of drug-likeness (QED) is 0.240. The van der Waals surface area contributed by atoms with Crippen molar-refractivity contribution in [1.82, 2.24) is 15.6 Å². The van der Waals surface area contributed by atoms with E-state index in [0.717, 1.165) is 0 Å². The molecule has 13 aliphatic heterocycles. The fourth-order valence-electron chi connectivity index (χ4n) is 3.41. The van der Waals surface area contributed by atoms with Gasteiger partial charge in [-0.05, 0) is 0 Å². The number of rotatable bonds is 0. The molecule has 13 heavy (non-hydrogen) atoms. The summed E-state index contributed by atoms with van der Waals surface area (Å²) in [4.78, 5) is 0. The van der Waals surface area contributed by atoms with E-state index in [0.29, 0.717) is 0 Å². The van der Waals surface area contributed by atoms with E-state index in [1.165, 1.54) is 0 Å². The van der Waals surface area contributed by atoms with Gasteiger partial charge < -0.3 is 9.11 Å². The fourth-order valence-corrected chi connectivity index (χ4v) is 46.9. The third kappa shape index (κ3) is 0.363. The first kappa shape index (κ1) is 9.01. The summed E-state index contributed by atoms with van der Waals surface area (Å²) in [5, 5.41) is 0. The molecule has 13 saturated heterocycles. The first-order chi connectivity index (χ1) is 5.46. The zero-order valence-corrected chi connectivity index (χ0v) is 14.3. The molecule has 0 aliphatic carbocycles. The maximum absolute atomic E-state index is 8.52. The summed E-state index contributed by atoms with van der Waals surface area (Å²) in [6.07, 6.45) is 0. The zero-order valence-electron chi connectivity index (χ0n) is 6.04. The molecule has 13 fully saturated rings. The minimum atomic E-state index is -5.17. The van der Waals surface area contributed by atoms with E-state index in [-0.39, 0.29) is 48.9 Å². The van der Waals surface area contributed by atoms with Gasteiger partial charge in [0.05, 0.1) is 0 Å². The van der Waals surface area contributed by atoms with Crippen LogP contribution in [0.4, 0.5) is 0 Å². The molecule has 0 unspecified atom stereocenters. The van der Waals surface area contributed by atoms with Crippen molar-refractivity contribution in [1.29, 1.82) is 0 Å². The van der Waals surface area contributed by atoms with Crippen molar-refractivity contribution >= 4 is 85.4 Å². The second kappa shape index (κ2) is 1.62. The van der Waals surface area contributed by atoms with Crippen LogP contribution in [0.1, 0.15) is 0 Å². The molecule has 0 atom stereocenters. The van der Waals surface area contributed by atoms with Crippen LogP contribution in [0.3, 0.4) is 0 Å². The topological polar surface area (TPSA) is 93.2 Å². The van der Waals surface area contributed by atoms with Gasteiger partial charge in [0.1, 0.15) is 0 Å². The third-order valence-corrected chi connectivity index (χ3v) is 32.4. The maximum atomic E-state index is 8.52. The summed E-state index contributed by atoms with van der Waals surface area (Å²) >= 11 is 0. The van der Waals surface area contributed by atoms with Gasteiger partial charge in [0.15, 0.2) is 0 Å². The normalized spacial score (nSPS) is 82.0. The predicted octanol–water partition coefficient (Wildman–Crippen LogP) is -4.14. The van der Waals surface area contributed by atoms with Crippen LogP contribution in [0, 0.1) is 0 Å². The van der Waals surface area contributed by atoms with E-state index >= 15 is 0 Å². The Hall–Kier alpha value is 1.93. The molecule has 13 rings (SSSR count). The van der Waals surface area contributed by atoms with Crippen molar-refractivity contribution in [3.63, 3.8) is 0 Å². The molecule has 64 valence electrons. The molecule has 0 aromatic heterocycles. The summed E-state index contributed by atoms with van der Waals surface area (Å²) < 4.78 is 46.0. The first-order valence-corrected chi connectivity index (χ1v) is 10.0. The molecule has 0 aromatic rings. The molecule has 0 radical (unpaired) electrons. The minimum absolute atomic E-state index is 0. The van der Waals surface area contributed by atoms with Crippen molar-refractivity contribution in [3.05, 3.63) is 0 Å². The van der Waals surface area contributed by atoms with Gasteiger partial charge in [-0.1, -0.05) is 0 Å². The van der Waals surface area contributed by atoms with E-state index in [4.69, 9.17) is 17.5 Å². The van der Waals surface area contributed by atoms with Crippen LogP contribution >= 0.6 is 0 Å². The number of hydrogen-bond acceptors (Lipinski definition) is 8. The Kier molecular flexibility index (Phi) is 1.12. The number of nitrogens with zero attached hydrogens (tertiary/aromatic N) is 4. The van der Waals surface area contributed by atoms with E-state index in [9.17, 15) is 0 Å². The molecule has 7 bridgehead atoms. The van der Waals surface area contributed by atoms with Crippen LogP contribution < -0.4 is 0 Å². The van der Waals surface area contributed by atoms with Crippen LogP contribution in [0.25, 0.3) is 0 Å². The largest absolute Gasteiger partial charge is 2.00 e. The monoisotopic (exact) mass is 374 g/mol. The molecular formula is BaN4O4SSi3. The summed E-state index contributed by atoms with van der Waals surface area (Å²) in [5.41, 5.74) is 0. The smallest absolute Gasteiger partial charge is 0.759 e.